The predicted molar refractivity (Wildman–Crippen MR) is 425 cm³/mol. The molecule has 0 aliphatic heterocycles. The van der Waals surface area contributed by atoms with E-state index in [1.807, 2.05) is 121 Å². The third-order valence-electron chi connectivity index (χ3n) is 28.8. The van der Waals surface area contributed by atoms with Gasteiger partial charge in [-0.05, 0) is 272 Å². The van der Waals surface area contributed by atoms with E-state index in [1.165, 1.54) is 44.6 Å². The van der Waals surface area contributed by atoms with E-state index in [1.54, 1.807) is 0 Å². The van der Waals surface area contributed by atoms with E-state index >= 15 is 0 Å². The summed E-state index contributed by atoms with van der Waals surface area (Å²) in [5.41, 5.74) is 15.7. The molecule has 10 unspecified atom stereocenters. The lowest BCUT2D eigenvalue weighted by Gasteiger charge is -2.60. The first-order valence-electron chi connectivity index (χ1n) is 41.5. The molecule has 10 atom stereocenters. The summed E-state index contributed by atoms with van der Waals surface area (Å²) in [7, 11) is -6.32. The molecule has 4 aromatic rings. The molecule has 23 nitrogen and oxygen atoms in total. The van der Waals surface area contributed by atoms with Gasteiger partial charge >= 0.3 is 24.4 Å². The van der Waals surface area contributed by atoms with Crippen molar-refractivity contribution in [3.63, 3.8) is 0 Å². The third-order valence-corrected chi connectivity index (χ3v) is 30.6. The Morgan fingerprint density at radius 3 is 0.938 bits per heavy atom. The van der Waals surface area contributed by atoms with E-state index in [-0.39, 0.29) is 95.7 Å². The van der Waals surface area contributed by atoms with Crippen LogP contribution in [0.5, 0.6) is 0 Å². The van der Waals surface area contributed by atoms with Crippen molar-refractivity contribution in [2.24, 2.45) is 100 Å². The van der Waals surface area contributed by atoms with Crippen molar-refractivity contribution in [2.45, 2.75) is 245 Å². The lowest BCUT2D eigenvalue weighted by atomic mass is 9.51. The van der Waals surface area contributed by atoms with Gasteiger partial charge < -0.3 is 62.1 Å². The fraction of sp³-hybridized carbons (Fsp3) is 0.663. The van der Waals surface area contributed by atoms with E-state index in [4.69, 9.17) is 42.0 Å². The molecule has 20 aliphatic carbocycles. The van der Waals surface area contributed by atoms with Crippen LogP contribution in [0, 0.1) is 88.8 Å². The second kappa shape index (κ2) is 33.2. The maximum absolute atomic E-state index is 12.3. The average Bonchev–Trinajstić information content (AvgIpc) is 0.781. The number of sulfonamides is 2. The van der Waals surface area contributed by atoms with Gasteiger partial charge in [0.2, 0.25) is 26.0 Å². The van der Waals surface area contributed by atoms with Gasteiger partial charge in [-0.3, -0.25) is 4.79 Å². The largest absolute Gasteiger partial charge is 0.445 e. The molecule has 610 valence electrons. The monoisotopic (exact) mass is 1600 g/mol. The number of amides is 5. The molecule has 0 aromatic heterocycles. The van der Waals surface area contributed by atoms with Gasteiger partial charge in [0.25, 0.3) is 0 Å². The van der Waals surface area contributed by atoms with Crippen LogP contribution in [-0.2, 0) is 70.2 Å². The first-order valence-corrected chi connectivity index (χ1v) is 45.8. The van der Waals surface area contributed by atoms with Crippen molar-refractivity contribution >= 4 is 61.9 Å². The molecule has 20 bridgehead atoms. The lowest BCUT2D eigenvalue weighted by Crippen LogP contribution is -2.66. The minimum absolute atomic E-state index is 0.00917. The van der Waals surface area contributed by atoms with Crippen LogP contribution in [0.2, 0.25) is 0 Å². The number of nitrogens with one attached hydrogen (secondary N) is 7. The zero-order valence-electron chi connectivity index (χ0n) is 64.9. The Hall–Kier alpha value is -6.58. The lowest BCUT2D eigenvalue weighted by molar-refractivity contribution is -0.137. The van der Waals surface area contributed by atoms with Crippen molar-refractivity contribution in [3.8, 4) is 0 Å². The second-order valence-corrected chi connectivity index (χ2v) is 41.5. The molecule has 20 aliphatic rings. The number of aliphatic hydroxyl groups is 1. The van der Waals surface area contributed by atoms with E-state index in [0.717, 1.165) is 157 Å². The maximum Gasteiger partial charge on any atom is 0.407 e. The average molecular weight is 1600 g/mol. The summed E-state index contributed by atoms with van der Waals surface area (Å²) in [5.74, 6) is 7.70. The van der Waals surface area contributed by atoms with Gasteiger partial charge in [-0.15, -0.1) is 11.6 Å². The first-order chi connectivity index (χ1) is 53.5. The Kier molecular flexibility index (Phi) is 23.9. The van der Waals surface area contributed by atoms with Crippen LogP contribution < -0.4 is 47.5 Å². The van der Waals surface area contributed by atoms with Crippen molar-refractivity contribution in [1.29, 1.82) is 0 Å². The summed E-state index contributed by atoms with van der Waals surface area (Å²) >= 11 is 5.69. The predicted octanol–water partition coefficient (Wildman–Crippen LogP) is 11.7. The molecule has 0 heterocycles. The van der Waals surface area contributed by atoms with Crippen LogP contribution in [0.4, 0.5) is 19.2 Å². The Balaban J connectivity index is 0.000000112. The summed E-state index contributed by atoms with van der Waals surface area (Å²) in [4.78, 5) is 60.6. The molecule has 20 saturated carbocycles. The zero-order valence-corrected chi connectivity index (χ0v) is 67.3. The van der Waals surface area contributed by atoms with E-state index in [9.17, 15) is 45.9 Å². The topological polar surface area (TPSA) is 347 Å². The van der Waals surface area contributed by atoms with Gasteiger partial charge in [-0.25, -0.2) is 45.5 Å². The highest BCUT2D eigenvalue weighted by molar-refractivity contribution is 7.89. The Morgan fingerprint density at radius 2 is 0.643 bits per heavy atom. The summed E-state index contributed by atoms with van der Waals surface area (Å²) in [6.45, 7) is 1.18. The van der Waals surface area contributed by atoms with Crippen LogP contribution in [0.15, 0.2) is 121 Å². The zero-order chi connectivity index (χ0) is 78.4. The molecule has 20 fully saturated rings. The molecule has 0 saturated heterocycles. The third kappa shape index (κ3) is 19.6. The number of hydrogen-bond acceptors (Lipinski definition) is 16. The van der Waals surface area contributed by atoms with Crippen molar-refractivity contribution < 1.29 is 64.9 Å². The Morgan fingerprint density at radius 1 is 0.384 bits per heavy atom. The van der Waals surface area contributed by atoms with Gasteiger partial charge in [0, 0.05) is 52.4 Å². The standard InChI is InChI=1S/C20H25ClN2O3.C19H26N2O4S.C18H24N2O2.C18H23NO3.C11H20N2O2S/c21-11-17(24)23-20-8-14-6-15(9-20)18(16(7-14)10-20)22-19(25)26-12-13-4-2-1-3-5-13;1-26(23,24)21-19-9-14-7-15(10-19)17(16(8-14)11-19)20-18(22)25-12-13-5-3-2-4-6-13;19-18-8-13-6-14(9-18)16(15(7-13)10-18)20-17(21)22-11-12-4-2-1-3-5-12;20-17(22-11-12-4-2-1-3-5-12)19-16-14-6-13-7-15(16)10-18(21,8-13)9-14;1-16(14,15)13-11-4-7-2-8(5-11)10(12)9(3-7)6-11/h1-5,14-16,18H,6-12H2,(H,22,25)(H,23,24);2-6,14-17,21H,7-12H2,1H3,(H,20,22);1-5,13-16H,6-11,19H2,(H,20,21);1-5,13-16,21H,6-11H2,(H,19,20);7-10,13H,2-6,12H2,1H3. The Bertz CT molecular complexity index is 4030. The first kappa shape index (κ1) is 80.6. The number of halogens is 1. The number of alkyl halides is 1. The van der Waals surface area contributed by atoms with Crippen LogP contribution >= 0.6 is 11.6 Å². The smallest absolute Gasteiger partial charge is 0.407 e. The van der Waals surface area contributed by atoms with Gasteiger partial charge in [-0.1, -0.05) is 121 Å². The van der Waals surface area contributed by atoms with E-state index in [2.05, 4.69) is 36.0 Å². The highest BCUT2D eigenvalue weighted by Gasteiger charge is 2.61. The highest BCUT2D eigenvalue weighted by Crippen LogP contribution is 2.60. The number of benzene rings is 4. The van der Waals surface area contributed by atoms with Gasteiger partial charge in [0.1, 0.15) is 32.3 Å². The number of alkyl carbamates (subject to hydrolysis) is 4. The molecule has 4 aromatic carbocycles. The molecule has 26 heteroatoms. The minimum atomic E-state index is -3.23. The van der Waals surface area contributed by atoms with Crippen molar-refractivity contribution in [2.75, 3.05) is 18.4 Å². The fourth-order valence-electron chi connectivity index (χ4n) is 26.2. The summed E-state index contributed by atoms with van der Waals surface area (Å²) in [6, 6.07) is 39.8. The number of carbonyl (C=O) groups excluding carboxylic acids is 5. The van der Waals surface area contributed by atoms with Crippen LogP contribution in [0.3, 0.4) is 0 Å². The van der Waals surface area contributed by atoms with E-state index < -0.39 is 25.6 Å². The highest BCUT2D eigenvalue weighted by atomic mass is 35.5. The molecule has 12 N–H and O–H groups in total. The molecule has 0 radical (unpaired) electrons. The van der Waals surface area contributed by atoms with Gasteiger partial charge in [0.15, 0.2) is 0 Å². The molecule has 5 amide bonds. The number of ether oxygens (including phenoxy) is 4. The molecule has 0 spiro atoms. The SMILES string of the molecule is CS(=O)(=O)NC12CC3CC(C1)C(N)C(C3)C2.CS(=O)(=O)NC12CC3CC(C1)C(NC(=O)OCc1ccccc1)C(C3)C2.NC12CC3CC(C1)C(NC(=O)OCc1ccccc1)C(C3)C2.O=C(CCl)NC12CC3CC(C1)C(NC(=O)OCc1ccccc1)C(C3)C2.O=C(NC1C2CC3CC1CC(O)(C3)C2)OCc1ccccc1. The molecule has 112 heavy (non-hydrogen) atoms. The van der Waals surface area contributed by atoms with Crippen LogP contribution in [-0.4, -0.2) is 129 Å². The normalized spacial score (nSPS) is 38.7. The maximum atomic E-state index is 12.3. The summed E-state index contributed by atoms with van der Waals surface area (Å²) in [5, 5.41) is 26.1. The number of nitrogens with two attached hydrogens (primary N) is 2. The summed E-state index contributed by atoms with van der Waals surface area (Å²) in [6.07, 6.45) is 27.0. The van der Waals surface area contributed by atoms with Crippen LogP contribution in [0.1, 0.15) is 183 Å². The van der Waals surface area contributed by atoms with Gasteiger partial charge in [0.05, 0.1) is 18.1 Å². The number of hydrogen-bond donors (Lipinski definition) is 10. The van der Waals surface area contributed by atoms with E-state index in [0.29, 0.717) is 102 Å². The second-order valence-electron chi connectivity index (χ2n) is 37.7. The number of rotatable bonds is 18. The van der Waals surface area contributed by atoms with Gasteiger partial charge in [-0.2, -0.15) is 0 Å². The Labute approximate surface area is 666 Å². The molecule has 24 rings (SSSR count). The summed E-state index contributed by atoms with van der Waals surface area (Å²) < 4.78 is 73.8. The molecular weight excluding hydrogens is 1480 g/mol. The van der Waals surface area contributed by atoms with Crippen molar-refractivity contribution in [3.05, 3.63) is 144 Å². The van der Waals surface area contributed by atoms with Crippen molar-refractivity contribution in [1.82, 2.24) is 36.0 Å². The van der Waals surface area contributed by atoms with Crippen LogP contribution in [0.25, 0.3) is 0 Å². The number of carbonyl (C=O) groups is 5. The minimum Gasteiger partial charge on any atom is -0.445 e. The fourth-order valence-corrected chi connectivity index (χ4v) is 28.4. The molecular formula is C86H118ClN9O14S2. The quantitative estimate of drug-likeness (QED) is 0.0327.